The van der Waals surface area contributed by atoms with Gasteiger partial charge >= 0.3 is 0 Å². The molecular weight excluding hydrogens is 198 g/mol. The van der Waals surface area contributed by atoms with Crippen molar-refractivity contribution in [3.8, 4) is 5.75 Å². The molecule has 0 heterocycles. The maximum absolute atomic E-state index is 5.81. The Hall–Kier alpha value is -1.02. The summed E-state index contributed by atoms with van der Waals surface area (Å²) < 4.78 is 5.66. The fourth-order valence-corrected chi connectivity index (χ4v) is 1.93. The molecule has 0 unspecified atom stereocenters. The molecule has 0 spiro atoms. The topological polar surface area (TPSA) is 35.2 Å². The zero-order chi connectivity index (χ0) is 11.6. The monoisotopic (exact) mass is 219 g/mol. The molecular formula is C14H21NO. The molecule has 0 aliphatic heterocycles. The van der Waals surface area contributed by atoms with Gasteiger partial charge in [-0.05, 0) is 36.5 Å². The molecule has 2 nitrogen and oxygen atoms in total. The van der Waals surface area contributed by atoms with E-state index in [9.17, 15) is 0 Å². The fourth-order valence-electron chi connectivity index (χ4n) is 1.93. The SMILES string of the molecule is CC(C)COc1ccc(C2(CN)CC2)cc1. The average Bonchev–Trinajstić information content (AvgIpc) is 3.08. The lowest BCUT2D eigenvalue weighted by atomic mass is 9.96. The van der Waals surface area contributed by atoms with Crippen LogP contribution in [0.15, 0.2) is 24.3 Å². The third-order valence-electron chi connectivity index (χ3n) is 3.29. The van der Waals surface area contributed by atoms with Gasteiger partial charge < -0.3 is 10.5 Å². The van der Waals surface area contributed by atoms with Gasteiger partial charge in [0, 0.05) is 12.0 Å². The van der Waals surface area contributed by atoms with E-state index in [0.717, 1.165) is 18.9 Å². The first kappa shape index (κ1) is 11.5. The Morgan fingerprint density at radius 1 is 1.25 bits per heavy atom. The second kappa shape index (κ2) is 4.46. The summed E-state index contributed by atoms with van der Waals surface area (Å²) in [4.78, 5) is 0. The lowest BCUT2D eigenvalue weighted by Crippen LogP contribution is -2.19. The Bertz CT molecular complexity index is 338. The molecule has 1 aliphatic carbocycles. The highest BCUT2D eigenvalue weighted by Crippen LogP contribution is 2.47. The number of hydrogen-bond donors (Lipinski definition) is 1. The van der Waals surface area contributed by atoms with Crippen molar-refractivity contribution in [2.24, 2.45) is 11.7 Å². The molecule has 1 aromatic carbocycles. The van der Waals surface area contributed by atoms with Gasteiger partial charge in [-0.2, -0.15) is 0 Å². The van der Waals surface area contributed by atoms with Crippen LogP contribution in [0.5, 0.6) is 5.75 Å². The zero-order valence-electron chi connectivity index (χ0n) is 10.2. The Kier molecular flexibility index (Phi) is 3.20. The highest BCUT2D eigenvalue weighted by Gasteiger charge is 2.42. The highest BCUT2D eigenvalue weighted by atomic mass is 16.5. The minimum absolute atomic E-state index is 0.288. The molecule has 1 fully saturated rings. The van der Waals surface area contributed by atoms with Crippen LogP contribution in [-0.2, 0) is 5.41 Å². The quantitative estimate of drug-likeness (QED) is 0.826. The van der Waals surface area contributed by atoms with Crippen molar-refractivity contribution in [1.82, 2.24) is 0 Å². The minimum atomic E-state index is 0.288. The van der Waals surface area contributed by atoms with Gasteiger partial charge in [-0.3, -0.25) is 0 Å². The summed E-state index contributed by atoms with van der Waals surface area (Å²) in [6, 6.07) is 8.45. The van der Waals surface area contributed by atoms with Crippen LogP contribution in [0.3, 0.4) is 0 Å². The Morgan fingerprint density at radius 3 is 2.31 bits per heavy atom. The van der Waals surface area contributed by atoms with Gasteiger partial charge in [0.05, 0.1) is 6.61 Å². The zero-order valence-corrected chi connectivity index (χ0v) is 10.2. The van der Waals surface area contributed by atoms with E-state index in [2.05, 4.69) is 38.1 Å². The van der Waals surface area contributed by atoms with Gasteiger partial charge in [0.2, 0.25) is 0 Å². The van der Waals surface area contributed by atoms with Gasteiger partial charge in [0.1, 0.15) is 5.75 Å². The first-order valence-corrected chi connectivity index (χ1v) is 6.10. The number of hydrogen-bond acceptors (Lipinski definition) is 2. The predicted molar refractivity (Wildman–Crippen MR) is 66.7 cm³/mol. The lowest BCUT2D eigenvalue weighted by molar-refractivity contribution is 0.271. The molecule has 1 aromatic rings. The van der Waals surface area contributed by atoms with Crippen molar-refractivity contribution < 1.29 is 4.74 Å². The van der Waals surface area contributed by atoms with Crippen molar-refractivity contribution >= 4 is 0 Å². The first-order chi connectivity index (χ1) is 7.66. The predicted octanol–water partition coefficient (Wildman–Crippen LogP) is 2.71. The summed E-state index contributed by atoms with van der Waals surface area (Å²) >= 11 is 0. The summed E-state index contributed by atoms with van der Waals surface area (Å²) in [7, 11) is 0. The van der Waals surface area contributed by atoms with E-state index < -0.39 is 0 Å². The number of benzene rings is 1. The van der Waals surface area contributed by atoms with E-state index in [4.69, 9.17) is 10.5 Å². The normalized spacial score (nSPS) is 17.5. The summed E-state index contributed by atoms with van der Waals surface area (Å²) in [5, 5.41) is 0. The molecule has 0 radical (unpaired) electrons. The largest absolute Gasteiger partial charge is 0.493 e. The summed E-state index contributed by atoms with van der Waals surface area (Å²) in [6.07, 6.45) is 2.46. The molecule has 88 valence electrons. The highest BCUT2D eigenvalue weighted by molar-refractivity contribution is 5.36. The van der Waals surface area contributed by atoms with Crippen molar-refractivity contribution in [3.05, 3.63) is 29.8 Å². The third kappa shape index (κ3) is 2.38. The molecule has 1 aliphatic rings. The first-order valence-electron chi connectivity index (χ1n) is 6.10. The molecule has 0 saturated heterocycles. The van der Waals surface area contributed by atoms with Crippen molar-refractivity contribution in [2.45, 2.75) is 32.1 Å². The molecule has 0 atom stereocenters. The molecule has 0 aromatic heterocycles. The molecule has 2 rings (SSSR count). The second-order valence-electron chi connectivity index (χ2n) is 5.21. The van der Waals surface area contributed by atoms with Gasteiger partial charge in [0.25, 0.3) is 0 Å². The summed E-state index contributed by atoms with van der Waals surface area (Å²) in [5.41, 5.74) is 7.46. The summed E-state index contributed by atoms with van der Waals surface area (Å²) in [6.45, 7) is 5.85. The van der Waals surface area contributed by atoms with E-state index in [1.807, 2.05) is 0 Å². The Balaban J connectivity index is 2.00. The molecule has 0 amide bonds. The molecule has 1 saturated carbocycles. The number of nitrogens with two attached hydrogens (primary N) is 1. The number of rotatable bonds is 5. The molecule has 2 N–H and O–H groups in total. The van der Waals surface area contributed by atoms with Crippen molar-refractivity contribution in [1.29, 1.82) is 0 Å². The van der Waals surface area contributed by atoms with E-state index >= 15 is 0 Å². The maximum atomic E-state index is 5.81. The van der Waals surface area contributed by atoms with Crippen LogP contribution >= 0.6 is 0 Å². The van der Waals surface area contributed by atoms with Crippen LogP contribution in [-0.4, -0.2) is 13.2 Å². The van der Waals surface area contributed by atoms with Crippen molar-refractivity contribution in [3.63, 3.8) is 0 Å². The maximum Gasteiger partial charge on any atom is 0.119 e. The lowest BCUT2D eigenvalue weighted by Gasteiger charge is -2.14. The standard InChI is InChI=1S/C14H21NO/c1-11(2)9-16-13-5-3-12(4-6-13)14(10-15)7-8-14/h3-6,11H,7-10,15H2,1-2H3. The van der Waals surface area contributed by atoms with E-state index in [0.29, 0.717) is 5.92 Å². The van der Waals surface area contributed by atoms with Crippen LogP contribution in [0, 0.1) is 5.92 Å². The third-order valence-corrected chi connectivity index (χ3v) is 3.29. The van der Waals surface area contributed by atoms with Crippen molar-refractivity contribution in [2.75, 3.05) is 13.2 Å². The van der Waals surface area contributed by atoms with Gasteiger partial charge in [-0.25, -0.2) is 0 Å². The fraction of sp³-hybridized carbons (Fsp3) is 0.571. The molecule has 16 heavy (non-hydrogen) atoms. The van der Waals surface area contributed by atoms with E-state index in [-0.39, 0.29) is 5.41 Å². The van der Waals surface area contributed by atoms with Gasteiger partial charge in [-0.1, -0.05) is 26.0 Å². The van der Waals surface area contributed by atoms with Crippen LogP contribution in [0.2, 0.25) is 0 Å². The smallest absolute Gasteiger partial charge is 0.119 e. The molecule has 2 heteroatoms. The van der Waals surface area contributed by atoms with Crippen LogP contribution in [0.25, 0.3) is 0 Å². The van der Waals surface area contributed by atoms with E-state index in [1.54, 1.807) is 0 Å². The average molecular weight is 219 g/mol. The Labute approximate surface area is 97.8 Å². The number of ether oxygens (including phenoxy) is 1. The Morgan fingerprint density at radius 2 is 1.88 bits per heavy atom. The van der Waals surface area contributed by atoms with Gasteiger partial charge in [0.15, 0.2) is 0 Å². The molecule has 0 bridgehead atoms. The van der Waals surface area contributed by atoms with Crippen LogP contribution in [0.1, 0.15) is 32.3 Å². The van der Waals surface area contributed by atoms with E-state index in [1.165, 1.54) is 18.4 Å². The summed E-state index contributed by atoms with van der Waals surface area (Å²) in [5.74, 6) is 1.53. The van der Waals surface area contributed by atoms with Crippen LogP contribution in [0.4, 0.5) is 0 Å². The van der Waals surface area contributed by atoms with Crippen LogP contribution < -0.4 is 10.5 Å². The second-order valence-corrected chi connectivity index (χ2v) is 5.21. The minimum Gasteiger partial charge on any atom is -0.493 e. The van der Waals surface area contributed by atoms with Gasteiger partial charge in [-0.15, -0.1) is 0 Å².